The highest BCUT2D eigenvalue weighted by Crippen LogP contribution is 2.34. The maximum atomic E-state index is 13.4. The van der Waals surface area contributed by atoms with Gasteiger partial charge in [-0.2, -0.15) is 18.4 Å². The molecule has 42 heavy (non-hydrogen) atoms. The molecule has 1 amide bonds. The lowest BCUT2D eigenvalue weighted by Gasteiger charge is -2.32. The molecule has 4 aromatic rings. The van der Waals surface area contributed by atoms with Gasteiger partial charge in [-0.15, -0.1) is 5.10 Å². The largest absolute Gasteiger partial charge is 0.465 e. The van der Waals surface area contributed by atoms with E-state index >= 15 is 0 Å². The summed E-state index contributed by atoms with van der Waals surface area (Å²) in [6.07, 6.45) is 1.26. The highest BCUT2D eigenvalue weighted by Gasteiger charge is 2.34. The third kappa shape index (κ3) is 6.30. The van der Waals surface area contributed by atoms with Gasteiger partial charge in [-0.3, -0.25) is 0 Å². The fraction of sp³-hybridized carbons (Fsp3) is 0.367. The van der Waals surface area contributed by atoms with Gasteiger partial charge in [-0.25, -0.2) is 14.5 Å². The number of hydrogen-bond acceptors (Lipinski definition) is 5. The molecule has 9 nitrogen and oxygen atoms in total. The van der Waals surface area contributed by atoms with E-state index in [2.05, 4.69) is 32.5 Å². The number of amides is 1. The van der Waals surface area contributed by atoms with Crippen molar-refractivity contribution in [1.29, 1.82) is 5.26 Å². The number of hydrogen-bond donors (Lipinski definition) is 1. The van der Waals surface area contributed by atoms with Crippen molar-refractivity contribution in [2.75, 3.05) is 6.54 Å². The number of nitriles is 1. The van der Waals surface area contributed by atoms with E-state index in [1.165, 1.54) is 17.2 Å². The van der Waals surface area contributed by atoms with Crippen LogP contribution < -0.4 is 0 Å². The Morgan fingerprint density at radius 3 is 2.71 bits per heavy atom. The van der Waals surface area contributed by atoms with Crippen LogP contribution in [0.2, 0.25) is 0 Å². The molecule has 2 unspecified atom stereocenters. The molecule has 0 radical (unpaired) electrons. The maximum absolute atomic E-state index is 13.4. The van der Waals surface area contributed by atoms with Crippen LogP contribution in [0.25, 0.3) is 22.3 Å². The van der Waals surface area contributed by atoms with Crippen LogP contribution in [0, 0.1) is 23.2 Å². The first-order valence-corrected chi connectivity index (χ1v) is 13.6. The quantitative estimate of drug-likeness (QED) is 0.255. The summed E-state index contributed by atoms with van der Waals surface area (Å²) in [7, 11) is 0. The highest BCUT2D eigenvalue weighted by molar-refractivity contribution is 5.80. The van der Waals surface area contributed by atoms with Gasteiger partial charge in [0.15, 0.2) is 0 Å². The summed E-state index contributed by atoms with van der Waals surface area (Å²) in [5, 5.41) is 26.9. The predicted octanol–water partition coefficient (Wildman–Crippen LogP) is 6.53. The lowest BCUT2D eigenvalue weighted by Crippen LogP contribution is -2.36. The van der Waals surface area contributed by atoms with Crippen LogP contribution in [0.1, 0.15) is 55.0 Å². The second-order valence-corrected chi connectivity index (χ2v) is 10.9. The van der Waals surface area contributed by atoms with E-state index in [9.17, 15) is 23.1 Å². The van der Waals surface area contributed by atoms with Gasteiger partial charge in [0.2, 0.25) is 0 Å². The number of halogens is 3. The van der Waals surface area contributed by atoms with Crippen molar-refractivity contribution < 1.29 is 23.1 Å². The van der Waals surface area contributed by atoms with Crippen molar-refractivity contribution in [2.24, 2.45) is 11.8 Å². The molecule has 1 N–H and O–H groups in total. The molecular formula is C30H30F3N7O2. The van der Waals surface area contributed by atoms with E-state index in [-0.39, 0.29) is 18.2 Å². The lowest BCUT2D eigenvalue weighted by molar-refractivity contribution is -0.137. The van der Waals surface area contributed by atoms with Crippen molar-refractivity contribution in [1.82, 2.24) is 29.4 Å². The van der Waals surface area contributed by atoms with E-state index in [0.717, 1.165) is 71.2 Å². The Hall–Kier alpha value is -4.66. The molecule has 2 atom stereocenters. The molecule has 0 bridgehead atoms. The first-order valence-electron chi connectivity index (χ1n) is 13.6. The zero-order valence-corrected chi connectivity index (χ0v) is 23.1. The summed E-state index contributed by atoms with van der Waals surface area (Å²) in [5.41, 5.74) is 2.84. The number of benzene rings is 2. The molecule has 1 saturated carbocycles. The Balaban J connectivity index is 1.25. The third-order valence-corrected chi connectivity index (χ3v) is 7.80. The lowest BCUT2D eigenvalue weighted by atomic mass is 9.81. The molecule has 2 aromatic carbocycles. The van der Waals surface area contributed by atoms with E-state index in [1.54, 1.807) is 6.07 Å². The van der Waals surface area contributed by atoms with Gasteiger partial charge < -0.3 is 14.6 Å². The Labute approximate surface area is 240 Å². The number of nitrogens with zero attached hydrogens (tertiary/aromatic N) is 7. The molecule has 5 rings (SSSR count). The summed E-state index contributed by atoms with van der Waals surface area (Å²) >= 11 is 0. The fourth-order valence-corrected chi connectivity index (χ4v) is 5.70. The first-order chi connectivity index (χ1) is 20.0. The van der Waals surface area contributed by atoms with E-state index in [1.807, 2.05) is 25.4 Å². The van der Waals surface area contributed by atoms with Gasteiger partial charge in [-0.05, 0) is 73.9 Å². The van der Waals surface area contributed by atoms with E-state index in [0.29, 0.717) is 18.2 Å². The second-order valence-electron chi connectivity index (χ2n) is 10.9. The fourth-order valence-electron chi connectivity index (χ4n) is 5.70. The Morgan fingerprint density at radius 2 is 2.00 bits per heavy atom. The molecule has 2 aromatic heterocycles. The minimum Gasteiger partial charge on any atom is -0.465 e. The predicted molar refractivity (Wildman–Crippen MR) is 149 cm³/mol. The van der Waals surface area contributed by atoms with Crippen LogP contribution in [0.5, 0.6) is 0 Å². The normalized spacial score (nSPS) is 17.2. The number of carbonyl (C=O) groups is 1. The van der Waals surface area contributed by atoms with Gasteiger partial charge in [-0.1, -0.05) is 29.9 Å². The maximum Gasteiger partial charge on any atom is 0.417 e. The Kier molecular flexibility index (Phi) is 8.02. The van der Waals surface area contributed by atoms with E-state index < -0.39 is 23.4 Å². The SMILES string of the molecule is C=C(C)c1ccc2ncn(CC3CCCC(CN(Cc4cn(-c5ccc(C#N)c(C(F)(F)F)c5)nn4)C(=O)O)C3)c2c1. The smallest absolute Gasteiger partial charge is 0.417 e. The molecule has 0 saturated heterocycles. The molecule has 1 aliphatic rings. The van der Waals surface area contributed by atoms with Crippen molar-refractivity contribution in [3.05, 3.63) is 77.9 Å². The van der Waals surface area contributed by atoms with Gasteiger partial charge >= 0.3 is 12.3 Å². The Morgan fingerprint density at radius 1 is 1.21 bits per heavy atom. The Bertz CT molecular complexity index is 1670. The van der Waals surface area contributed by atoms with Gasteiger partial charge in [0.25, 0.3) is 0 Å². The summed E-state index contributed by atoms with van der Waals surface area (Å²) in [4.78, 5) is 18.0. The zero-order chi connectivity index (χ0) is 30.0. The molecule has 1 fully saturated rings. The van der Waals surface area contributed by atoms with Gasteiger partial charge in [0, 0.05) is 13.1 Å². The molecule has 218 valence electrons. The topological polar surface area (TPSA) is 113 Å². The van der Waals surface area contributed by atoms with Crippen molar-refractivity contribution in [3.8, 4) is 11.8 Å². The van der Waals surface area contributed by atoms with Gasteiger partial charge in [0.05, 0.1) is 53.0 Å². The average molecular weight is 578 g/mol. The summed E-state index contributed by atoms with van der Waals surface area (Å²) in [5.74, 6) is 0.522. The molecule has 2 heterocycles. The molecule has 0 aliphatic heterocycles. The molecule has 1 aliphatic carbocycles. The number of carboxylic acid groups (broad SMARTS) is 1. The van der Waals surface area contributed by atoms with Crippen molar-refractivity contribution in [3.63, 3.8) is 0 Å². The standard InChI is InChI=1S/C30H30F3N7O2/c1-19(2)22-7-9-27-28(11-22)39(18-35-27)15-21-5-3-4-20(10-21)14-38(29(41)42)16-24-17-40(37-36-24)25-8-6-23(13-34)26(12-25)30(31,32)33/h6-9,11-12,17-18,20-21H,1,3-5,10,14-16H2,2H3,(H,41,42). The molecule has 12 heteroatoms. The monoisotopic (exact) mass is 577 g/mol. The van der Waals surface area contributed by atoms with Crippen LogP contribution in [-0.2, 0) is 19.3 Å². The van der Waals surface area contributed by atoms with Crippen molar-refractivity contribution in [2.45, 2.75) is 51.9 Å². The molecule has 0 spiro atoms. The number of aromatic nitrogens is 5. The molecular weight excluding hydrogens is 547 g/mol. The average Bonchev–Trinajstić information content (AvgIpc) is 3.59. The van der Waals surface area contributed by atoms with E-state index in [4.69, 9.17) is 5.26 Å². The number of allylic oxidation sites excluding steroid dienone is 1. The third-order valence-electron chi connectivity index (χ3n) is 7.80. The zero-order valence-electron chi connectivity index (χ0n) is 23.1. The summed E-state index contributed by atoms with van der Waals surface area (Å²) in [6.45, 7) is 7.07. The number of alkyl halides is 3. The summed E-state index contributed by atoms with van der Waals surface area (Å²) < 4.78 is 43.5. The van der Waals surface area contributed by atoms with Gasteiger partial charge in [0.1, 0.15) is 5.69 Å². The number of rotatable bonds is 8. The summed E-state index contributed by atoms with van der Waals surface area (Å²) in [6, 6.07) is 10.9. The first kappa shape index (κ1) is 28.9. The van der Waals surface area contributed by atoms with Crippen LogP contribution in [0.3, 0.4) is 0 Å². The van der Waals surface area contributed by atoms with Crippen LogP contribution in [0.4, 0.5) is 18.0 Å². The minimum absolute atomic E-state index is 0.0469. The van der Waals surface area contributed by atoms with Crippen molar-refractivity contribution >= 4 is 22.7 Å². The van der Waals surface area contributed by atoms with Crippen LogP contribution in [0.15, 0.2) is 55.5 Å². The highest BCUT2D eigenvalue weighted by atomic mass is 19.4. The number of fused-ring (bicyclic) bond motifs is 1. The minimum atomic E-state index is -4.71. The second kappa shape index (κ2) is 11.7. The number of imidazole rings is 1. The van der Waals surface area contributed by atoms with Crippen LogP contribution in [-0.4, -0.2) is 47.2 Å². The van der Waals surface area contributed by atoms with Crippen LogP contribution >= 0.6 is 0 Å².